The van der Waals surface area contributed by atoms with Crippen LogP contribution in [0.3, 0.4) is 0 Å². The maximum Gasteiger partial charge on any atom is 0.330 e. The average molecular weight is 497 g/mol. The summed E-state index contributed by atoms with van der Waals surface area (Å²) in [5, 5.41) is 2.19. The molecule has 0 atom stereocenters. The number of unbranched alkanes of at least 4 members (excludes halogenated alkanes) is 1. The molecule has 10 nitrogen and oxygen atoms in total. The summed E-state index contributed by atoms with van der Waals surface area (Å²) >= 11 is 1.26. The first-order valence-electron chi connectivity index (χ1n) is 11.2. The van der Waals surface area contributed by atoms with Gasteiger partial charge in [0, 0.05) is 31.5 Å². The van der Waals surface area contributed by atoms with Crippen molar-refractivity contribution < 1.29 is 9.59 Å². The van der Waals surface area contributed by atoms with Crippen molar-refractivity contribution in [2.75, 3.05) is 22.1 Å². The molecular weight excluding hydrogens is 468 g/mol. The predicted molar refractivity (Wildman–Crippen MR) is 139 cm³/mol. The van der Waals surface area contributed by atoms with E-state index in [0.29, 0.717) is 29.5 Å². The summed E-state index contributed by atoms with van der Waals surface area (Å²) in [6.45, 7) is 5.63. The van der Waals surface area contributed by atoms with Gasteiger partial charge in [-0.3, -0.25) is 28.8 Å². The predicted octanol–water partition coefficient (Wildman–Crippen LogP) is 3.13. The van der Waals surface area contributed by atoms with Gasteiger partial charge in [0.1, 0.15) is 5.82 Å². The van der Waals surface area contributed by atoms with Gasteiger partial charge in [0.2, 0.25) is 5.91 Å². The third kappa shape index (κ3) is 5.75. The van der Waals surface area contributed by atoms with Gasteiger partial charge in [-0.05, 0) is 31.6 Å². The number of aromatic amines is 1. The van der Waals surface area contributed by atoms with Crippen LogP contribution < -0.4 is 26.8 Å². The van der Waals surface area contributed by atoms with Crippen molar-refractivity contribution in [3.63, 3.8) is 0 Å². The van der Waals surface area contributed by atoms with Crippen molar-refractivity contribution in [1.29, 1.82) is 0 Å². The fourth-order valence-corrected chi connectivity index (χ4v) is 4.36. The van der Waals surface area contributed by atoms with E-state index >= 15 is 0 Å². The molecule has 0 saturated heterocycles. The van der Waals surface area contributed by atoms with E-state index in [1.54, 1.807) is 12.3 Å². The number of nitrogens with zero attached hydrogens (tertiary/aromatic N) is 4. The fourth-order valence-electron chi connectivity index (χ4n) is 3.51. The van der Waals surface area contributed by atoms with Gasteiger partial charge in [0.15, 0.2) is 10.8 Å². The molecule has 35 heavy (non-hydrogen) atoms. The van der Waals surface area contributed by atoms with Crippen molar-refractivity contribution in [2.45, 2.75) is 40.2 Å². The molecule has 0 aliphatic rings. The van der Waals surface area contributed by atoms with Crippen LogP contribution in [0.15, 0.2) is 51.4 Å². The summed E-state index contributed by atoms with van der Waals surface area (Å²) in [5.41, 5.74) is 5.92. The Morgan fingerprint density at radius 2 is 1.91 bits per heavy atom. The third-order valence-electron chi connectivity index (χ3n) is 5.23. The Hall–Kier alpha value is -3.99. The zero-order chi connectivity index (χ0) is 25.5. The summed E-state index contributed by atoms with van der Waals surface area (Å²) in [6.07, 6.45) is 4.32. The highest BCUT2D eigenvalue weighted by molar-refractivity contribution is 7.14. The molecule has 2 aromatic heterocycles. The lowest BCUT2D eigenvalue weighted by molar-refractivity contribution is -0.116. The van der Waals surface area contributed by atoms with Gasteiger partial charge in [-0.25, -0.2) is 9.78 Å². The van der Waals surface area contributed by atoms with E-state index in [0.717, 1.165) is 6.42 Å². The van der Waals surface area contributed by atoms with Crippen molar-refractivity contribution in [3.05, 3.63) is 68.3 Å². The largest absolute Gasteiger partial charge is 0.383 e. The van der Waals surface area contributed by atoms with Crippen LogP contribution in [0.2, 0.25) is 0 Å². The third-order valence-corrected chi connectivity index (χ3v) is 6.07. The SMILES string of the molecule is CCCCn1c(N)c(N(CC)C(=O)C=Cc2csc(N(C(C)=O)c3ccccc3)n2)c(=O)[nH]c1=O. The minimum atomic E-state index is -0.722. The molecule has 1 aromatic carbocycles. The molecule has 0 fully saturated rings. The second-order valence-corrected chi connectivity index (χ2v) is 8.50. The topological polar surface area (TPSA) is 134 Å². The van der Waals surface area contributed by atoms with Gasteiger partial charge in [-0.1, -0.05) is 31.5 Å². The molecule has 0 saturated carbocycles. The number of nitrogens with two attached hydrogens (primary N) is 1. The van der Waals surface area contributed by atoms with Gasteiger partial charge < -0.3 is 10.6 Å². The van der Waals surface area contributed by atoms with E-state index in [1.807, 2.05) is 37.3 Å². The summed E-state index contributed by atoms with van der Waals surface area (Å²) in [5.74, 6) is -0.736. The van der Waals surface area contributed by atoms with Crippen LogP contribution in [0, 0.1) is 0 Å². The van der Waals surface area contributed by atoms with Crippen LogP contribution in [0.4, 0.5) is 22.3 Å². The molecule has 0 bridgehead atoms. The van der Waals surface area contributed by atoms with Crippen molar-refractivity contribution in [1.82, 2.24) is 14.5 Å². The zero-order valence-electron chi connectivity index (χ0n) is 19.9. The second-order valence-electron chi connectivity index (χ2n) is 7.66. The number of H-pyrrole nitrogens is 1. The number of nitrogens with one attached hydrogen (secondary N) is 1. The van der Waals surface area contributed by atoms with E-state index in [4.69, 9.17) is 5.73 Å². The number of nitrogen functional groups attached to an aromatic ring is 1. The molecule has 2 heterocycles. The fraction of sp³-hybridized carbons (Fsp3) is 0.292. The molecule has 0 spiro atoms. The van der Waals surface area contributed by atoms with E-state index < -0.39 is 17.2 Å². The summed E-state index contributed by atoms with van der Waals surface area (Å²) < 4.78 is 1.27. The van der Waals surface area contributed by atoms with Gasteiger partial charge in [0.25, 0.3) is 11.5 Å². The smallest absolute Gasteiger partial charge is 0.330 e. The van der Waals surface area contributed by atoms with Crippen molar-refractivity contribution in [2.24, 2.45) is 0 Å². The van der Waals surface area contributed by atoms with Crippen LogP contribution in [0.5, 0.6) is 0 Å². The Morgan fingerprint density at radius 3 is 2.54 bits per heavy atom. The lowest BCUT2D eigenvalue weighted by Crippen LogP contribution is -2.40. The monoisotopic (exact) mass is 496 g/mol. The van der Waals surface area contributed by atoms with Gasteiger partial charge in [-0.15, -0.1) is 11.3 Å². The van der Waals surface area contributed by atoms with Crippen LogP contribution in [0.25, 0.3) is 6.08 Å². The van der Waals surface area contributed by atoms with E-state index in [2.05, 4.69) is 9.97 Å². The number of benzene rings is 1. The van der Waals surface area contributed by atoms with Crippen LogP contribution in [0.1, 0.15) is 39.3 Å². The lowest BCUT2D eigenvalue weighted by Gasteiger charge is -2.21. The zero-order valence-corrected chi connectivity index (χ0v) is 20.7. The number of carbonyl (C=O) groups excluding carboxylic acids is 2. The Morgan fingerprint density at radius 1 is 1.20 bits per heavy atom. The number of thiazole rings is 1. The number of anilines is 4. The number of carbonyl (C=O) groups is 2. The lowest BCUT2D eigenvalue weighted by atomic mass is 10.3. The quantitative estimate of drug-likeness (QED) is 0.437. The number of aromatic nitrogens is 3. The van der Waals surface area contributed by atoms with Gasteiger partial charge in [0.05, 0.1) is 11.4 Å². The molecule has 0 aliphatic carbocycles. The highest BCUT2D eigenvalue weighted by atomic mass is 32.1. The van der Waals surface area contributed by atoms with Gasteiger partial charge in [-0.2, -0.15) is 0 Å². The molecule has 3 N–H and O–H groups in total. The highest BCUT2D eigenvalue weighted by Crippen LogP contribution is 2.29. The number of para-hydroxylation sites is 1. The molecule has 0 aliphatic heterocycles. The van der Waals surface area contributed by atoms with Crippen LogP contribution in [-0.4, -0.2) is 32.9 Å². The number of likely N-dealkylation sites (N-methyl/N-ethyl adjacent to an activating group) is 1. The Labute approximate surface area is 206 Å². The van der Waals surface area contributed by atoms with E-state index in [-0.39, 0.29) is 24.0 Å². The normalized spacial score (nSPS) is 11.1. The first kappa shape index (κ1) is 25.6. The second kappa shape index (κ2) is 11.4. The molecule has 0 radical (unpaired) electrons. The number of hydrogen-bond acceptors (Lipinski definition) is 7. The van der Waals surface area contributed by atoms with Crippen molar-refractivity contribution >= 4 is 51.6 Å². The number of rotatable bonds is 9. The Balaban J connectivity index is 1.87. The molecule has 184 valence electrons. The van der Waals surface area contributed by atoms with Crippen LogP contribution in [-0.2, 0) is 16.1 Å². The minimum absolute atomic E-state index is 0.0493. The first-order chi connectivity index (χ1) is 16.8. The molecule has 0 unspecified atom stereocenters. The molecule has 11 heteroatoms. The molecule has 2 amide bonds. The Kier molecular flexibility index (Phi) is 8.37. The van der Waals surface area contributed by atoms with Gasteiger partial charge >= 0.3 is 5.69 Å². The number of amides is 2. The highest BCUT2D eigenvalue weighted by Gasteiger charge is 2.22. The Bertz CT molecular complexity index is 1340. The molecular formula is C24H28N6O4S. The maximum atomic E-state index is 13.0. The van der Waals surface area contributed by atoms with E-state index in [9.17, 15) is 19.2 Å². The van der Waals surface area contributed by atoms with Crippen molar-refractivity contribution in [3.8, 4) is 0 Å². The standard InChI is InChI=1S/C24H28N6O4S/c1-4-6-14-29-21(25)20(22(33)27-23(29)34)28(5-2)19(32)13-12-17-15-35-24(26-17)30(16(3)31)18-10-8-7-9-11-18/h7-13,15H,4-6,14,25H2,1-3H3,(H,27,33,34). The number of hydrogen-bond donors (Lipinski definition) is 2. The summed E-state index contributed by atoms with van der Waals surface area (Å²) in [7, 11) is 0. The first-order valence-corrected chi connectivity index (χ1v) is 12.1. The molecule has 3 rings (SSSR count). The summed E-state index contributed by atoms with van der Waals surface area (Å²) in [4.78, 5) is 59.4. The maximum absolute atomic E-state index is 13.0. The summed E-state index contributed by atoms with van der Waals surface area (Å²) in [6, 6.07) is 9.13. The van der Waals surface area contributed by atoms with E-state index in [1.165, 1.54) is 44.8 Å². The molecule has 3 aromatic rings. The minimum Gasteiger partial charge on any atom is -0.383 e. The average Bonchev–Trinajstić information content (AvgIpc) is 3.29. The van der Waals surface area contributed by atoms with Crippen LogP contribution >= 0.6 is 11.3 Å².